The van der Waals surface area contributed by atoms with Gasteiger partial charge in [0, 0.05) is 43.9 Å². The van der Waals surface area contributed by atoms with E-state index in [1.54, 1.807) is 40.6 Å². The van der Waals surface area contributed by atoms with Gasteiger partial charge in [0.1, 0.15) is 5.52 Å². The molecule has 1 aliphatic rings. The molecule has 3 heterocycles. The van der Waals surface area contributed by atoms with E-state index in [0.29, 0.717) is 16.4 Å². The van der Waals surface area contributed by atoms with Crippen molar-refractivity contribution in [2.24, 2.45) is 12.8 Å². The maximum Gasteiger partial charge on any atom is 0.330 e. The Morgan fingerprint density at radius 1 is 1.39 bits per heavy atom. The molecule has 3 aromatic rings. The molecule has 7 nitrogen and oxygen atoms in total. The average Bonchev–Trinajstić information content (AvgIpc) is 2.94. The molecule has 2 N–H and O–H groups in total. The number of imidazole rings is 1. The number of nitrogens with two attached hydrogens (primary N) is 1. The van der Waals surface area contributed by atoms with Gasteiger partial charge in [-0.3, -0.25) is 9.13 Å². The van der Waals surface area contributed by atoms with Crippen molar-refractivity contribution in [2.75, 3.05) is 18.0 Å². The highest BCUT2D eigenvalue weighted by molar-refractivity contribution is 6.30. The number of fused-ring (bicyclic) bond motifs is 1. The van der Waals surface area contributed by atoms with Crippen molar-refractivity contribution in [3.05, 3.63) is 62.9 Å². The topological polar surface area (TPSA) is 73.4 Å². The second kappa shape index (κ2) is 7.30. The molecule has 4 rings (SSSR count). The van der Waals surface area contributed by atoms with Gasteiger partial charge in [0.25, 0.3) is 0 Å². The lowest BCUT2D eigenvalue weighted by Gasteiger charge is -2.33. The lowest BCUT2D eigenvalue weighted by molar-refractivity contribution is 0.506. The third kappa shape index (κ3) is 3.15. The number of aromatic nitrogens is 3. The molecular weight excluding hydrogens is 376 g/mol. The summed E-state index contributed by atoms with van der Waals surface area (Å²) in [6.07, 6.45) is 3.75. The molecule has 0 unspecified atom stereocenters. The second-order valence-corrected chi connectivity index (χ2v) is 7.60. The largest absolute Gasteiger partial charge is 0.368 e. The Morgan fingerprint density at radius 3 is 2.96 bits per heavy atom. The third-order valence-electron chi connectivity index (χ3n) is 5.28. The van der Waals surface area contributed by atoms with Crippen molar-refractivity contribution >= 4 is 34.1 Å². The predicted octanol–water partition coefficient (Wildman–Crippen LogP) is 2.91. The fourth-order valence-corrected chi connectivity index (χ4v) is 4.05. The molecule has 0 bridgehead atoms. The average molecular weight is 397 g/mol. The standard InChI is InChI=1S/C20H21ClN6O/c1-23-16-10-14(21)6-5-13(16)11-27-18-17(26-9-3-4-15(22)12-26)7-8-24-19(18)25(2)20(27)28/h5-8,10,15H,3-4,9,11-12,22H2,2H3/t15-/m1/s1. The van der Waals surface area contributed by atoms with Gasteiger partial charge < -0.3 is 10.6 Å². The summed E-state index contributed by atoms with van der Waals surface area (Å²) in [5.41, 5.74) is 9.56. The van der Waals surface area contributed by atoms with Crippen LogP contribution in [-0.4, -0.2) is 33.2 Å². The van der Waals surface area contributed by atoms with E-state index >= 15 is 0 Å². The van der Waals surface area contributed by atoms with Crippen LogP contribution >= 0.6 is 11.6 Å². The van der Waals surface area contributed by atoms with E-state index in [9.17, 15) is 4.79 Å². The number of hydrogen-bond acceptors (Lipinski definition) is 4. The number of rotatable bonds is 3. The van der Waals surface area contributed by atoms with Crippen LogP contribution in [0.5, 0.6) is 0 Å². The smallest absolute Gasteiger partial charge is 0.330 e. The van der Waals surface area contributed by atoms with Gasteiger partial charge in [-0.2, -0.15) is 0 Å². The molecule has 1 fully saturated rings. The highest BCUT2D eigenvalue weighted by Gasteiger charge is 2.23. The Kier molecular flexibility index (Phi) is 4.84. The van der Waals surface area contributed by atoms with Crippen LogP contribution in [0.4, 0.5) is 11.4 Å². The number of nitrogens with zero attached hydrogens (tertiary/aromatic N) is 5. The SMILES string of the molecule is [C-]#[N+]c1cc(Cl)ccc1Cn1c(=O)n(C)c2nccc(N3CCC[C@@H](N)C3)c21. The summed E-state index contributed by atoms with van der Waals surface area (Å²) >= 11 is 6.02. The lowest BCUT2D eigenvalue weighted by Crippen LogP contribution is -2.43. The Morgan fingerprint density at radius 2 is 2.21 bits per heavy atom. The van der Waals surface area contributed by atoms with Gasteiger partial charge in [0.15, 0.2) is 11.3 Å². The first kappa shape index (κ1) is 18.5. The number of pyridine rings is 1. The number of halogens is 1. The first-order valence-electron chi connectivity index (χ1n) is 9.20. The summed E-state index contributed by atoms with van der Waals surface area (Å²) in [4.78, 5) is 23.2. The predicted molar refractivity (Wildman–Crippen MR) is 111 cm³/mol. The van der Waals surface area contributed by atoms with Crippen LogP contribution in [0.1, 0.15) is 18.4 Å². The molecule has 28 heavy (non-hydrogen) atoms. The molecule has 0 radical (unpaired) electrons. The first-order chi connectivity index (χ1) is 13.5. The molecule has 8 heteroatoms. The Bertz CT molecular complexity index is 1140. The van der Waals surface area contributed by atoms with Crippen molar-refractivity contribution in [3.63, 3.8) is 0 Å². The van der Waals surface area contributed by atoms with Gasteiger partial charge in [-0.15, -0.1) is 0 Å². The zero-order valence-corrected chi connectivity index (χ0v) is 16.4. The van der Waals surface area contributed by atoms with Crippen LogP contribution in [0.2, 0.25) is 5.02 Å². The van der Waals surface area contributed by atoms with Crippen LogP contribution < -0.4 is 16.3 Å². The van der Waals surface area contributed by atoms with Gasteiger partial charge in [0.2, 0.25) is 0 Å². The van der Waals surface area contributed by atoms with E-state index in [1.807, 2.05) is 6.07 Å². The lowest BCUT2D eigenvalue weighted by atomic mass is 10.1. The van der Waals surface area contributed by atoms with Crippen LogP contribution in [0.15, 0.2) is 35.3 Å². The summed E-state index contributed by atoms with van der Waals surface area (Å²) in [5.74, 6) is 0. The van der Waals surface area contributed by atoms with E-state index in [0.717, 1.165) is 42.7 Å². The summed E-state index contributed by atoms with van der Waals surface area (Å²) in [6.45, 7) is 9.35. The van der Waals surface area contributed by atoms with Gasteiger partial charge in [-0.25, -0.2) is 14.6 Å². The Hall–Kier alpha value is -2.82. The van der Waals surface area contributed by atoms with E-state index in [2.05, 4.69) is 14.7 Å². The number of hydrogen-bond donors (Lipinski definition) is 1. The monoisotopic (exact) mass is 396 g/mol. The van der Waals surface area contributed by atoms with Crippen molar-refractivity contribution in [1.82, 2.24) is 14.1 Å². The summed E-state index contributed by atoms with van der Waals surface area (Å²) in [7, 11) is 1.72. The fraction of sp³-hybridized carbons (Fsp3) is 0.350. The molecule has 1 atom stereocenters. The highest BCUT2D eigenvalue weighted by atomic mass is 35.5. The molecule has 1 aromatic carbocycles. The molecular formula is C20H21ClN6O. The number of anilines is 1. The van der Waals surface area contributed by atoms with E-state index < -0.39 is 0 Å². The summed E-state index contributed by atoms with van der Waals surface area (Å²) < 4.78 is 3.24. The zero-order chi connectivity index (χ0) is 19.8. The number of benzene rings is 1. The molecule has 1 saturated heterocycles. The quantitative estimate of drug-likeness (QED) is 0.691. The van der Waals surface area contributed by atoms with Gasteiger partial charge in [0.05, 0.1) is 12.3 Å². The number of aryl methyl sites for hydroxylation is 1. The highest BCUT2D eigenvalue weighted by Crippen LogP contribution is 2.29. The molecule has 0 amide bonds. The van der Waals surface area contributed by atoms with E-state index in [1.165, 1.54) is 0 Å². The maximum absolute atomic E-state index is 13.0. The molecule has 0 saturated carbocycles. The Balaban J connectivity index is 1.88. The normalized spacial score (nSPS) is 17.1. The van der Waals surface area contributed by atoms with Crippen LogP contribution in [0.25, 0.3) is 16.0 Å². The van der Waals surface area contributed by atoms with Crippen molar-refractivity contribution in [3.8, 4) is 0 Å². The molecule has 2 aromatic heterocycles. The molecule has 1 aliphatic heterocycles. The Labute approximate surface area is 167 Å². The molecule has 0 spiro atoms. The van der Waals surface area contributed by atoms with E-state index in [4.69, 9.17) is 23.9 Å². The molecule has 144 valence electrons. The second-order valence-electron chi connectivity index (χ2n) is 7.16. The number of piperidine rings is 1. The first-order valence-corrected chi connectivity index (χ1v) is 9.58. The fourth-order valence-electron chi connectivity index (χ4n) is 3.88. The van der Waals surface area contributed by atoms with Gasteiger partial charge >= 0.3 is 5.69 Å². The van der Waals surface area contributed by atoms with Crippen molar-refractivity contribution < 1.29 is 0 Å². The van der Waals surface area contributed by atoms with Crippen molar-refractivity contribution in [1.29, 1.82) is 0 Å². The summed E-state index contributed by atoms with van der Waals surface area (Å²) in [6, 6.07) is 7.22. The van der Waals surface area contributed by atoms with Crippen LogP contribution in [0, 0.1) is 6.57 Å². The maximum atomic E-state index is 13.0. The minimum absolute atomic E-state index is 0.117. The van der Waals surface area contributed by atoms with E-state index in [-0.39, 0.29) is 18.3 Å². The van der Waals surface area contributed by atoms with Crippen LogP contribution in [0.3, 0.4) is 0 Å². The third-order valence-corrected chi connectivity index (χ3v) is 5.52. The zero-order valence-electron chi connectivity index (χ0n) is 15.6. The minimum atomic E-state index is -0.165. The summed E-state index contributed by atoms with van der Waals surface area (Å²) in [5, 5.41) is 0.504. The van der Waals surface area contributed by atoms with Crippen molar-refractivity contribution in [2.45, 2.75) is 25.4 Å². The van der Waals surface area contributed by atoms with Gasteiger partial charge in [-0.1, -0.05) is 17.7 Å². The molecule has 0 aliphatic carbocycles. The van der Waals surface area contributed by atoms with Crippen LogP contribution in [-0.2, 0) is 13.6 Å². The minimum Gasteiger partial charge on any atom is -0.368 e. The van der Waals surface area contributed by atoms with Gasteiger partial charge in [-0.05, 0) is 36.6 Å².